The molecule has 0 aliphatic heterocycles. The van der Waals surface area contributed by atoms with Crippen molar-refractivity contribution in [1.82, 2.24) is 4.98 Å². The van der Waals surface area contributed by atoms with Crippen LogP contribution in [0.25, 0.3) is 0 Å². The molecule has 4 nitrogen and oxygen atoms in total. The molecule has 2 aromatic rings. The fourth-order valence-electron chi connectivity index (χ4n) is 1.87. The molecule has 6 heteroatoms. The first-order valence-electron chi connectivity index (χ1n) is 6.30. The number of carbonyl (C=O) groups is 1. The van der Waals surface area contributed by atoms with Crippen LogP contribution in [0.3, 0.4) is 0 Å². The first kappa shape index (κ1) is 15.1. The van der Waals surface area contributed by atoms with Gasteiger partial charge in [-0.2, -0.15) is 0 Å². The van der Waals surface area contributed by atoms with Gasteiger partial charge in [-0.15, -0.1) is 0 Å². The maximum atomic E-state index is 13.8. The van der Waals surface area contributed by atoms with Crippen LogP contribution in [0.4, 0.5) is 14.5 Å². The highest BCUT2D eigenvalue weighted by Crippen LogP contribution is 2.19. The van der Waals surface area contributed by atoms with E-state index in [0.29, 0.717) is 5.69 Å². The summed E-state index contributed by atoms with van der Waals surface area (Å²) in [7, 11) is 1.50. The topological polar surface area (TPSA) is 42.4 Å². The van der Waals surface area contributed by atoms with Crippen molar-refractivity contribution in [2.24, 2.45) is 0 Å². The molecular formula is C15H14F2N2O2. The normalized spacial score (nSPS) is 10.4. The van der Waals surface area contributed by atoms with E-state index in [1.54, 1.807) is 12.1 Å². The minimum atomic E-state index is -1.15. The van der Waals surface area contributed by atoms with Crippen molar-refractivity contribution in [1.29, 1.82) is 0 Å². The molecule has 0 fully saturated rings. The molecule has 0 saturated carbocycles. The number of anilines is 1. The summed E-state index contributed by atoms with van der Waals surface area (Å²) in [5.41, 5.74) is 0.221. The molecule has 0 spiro atoms. The summed E-state index contributed by atoms with van der Waals surface area (Å²) < 4.78 is 32.0. The van der Waals surface area contributed by atoms with Gasteiger partial charge in [0.05, 0.1) is 12.2 Å². The molecule has 0 bridgehead atoms. The molecule has 2 rings (SSSR count). The molecule has 21 heavy (non-hydrogen) atoms. The van der Waals surface area contributed by atoms with Crippen LogP contribution in [0, 0.1) is 11.6 Å². The summed E-state index contributed by atoms with van der Waals surface area (Å²) in [6.07, 6.45) is 3.04. The Balaban J connectivity index is 2.36. The molecule has 0 radical (unpaired) electrons. The average molecular weight is 292 g/mol. The van der Waals surface area contributed by atoms with Gasteiger partial charge >= 0.3 is 0 Å². The molecule has 110 valence electrons. The Hall–Kier alpha value is -2.34. The van der Waals surface area contributed by atoms with Crippen LogP contribution in [-0.2, 0) is 4.74 Å². The summed E-state index contributed by atoms with van der Waals surface area (Å²) >= 11 is 0. The number of benzene rings is 1. The fraction of sp³-hybridized carbons (Fsp3) is 0.200. The van der Waals surface area contributed by atoms with E-state index in [4.69, 9.17) is 4.74 Å². The number of hydrogen-bond donors (Lipinski definition) is 0. The standard InChI is InChI=1S/C15H14F2N2O2/c1-21-10-9-19(11-5-7-18-8-6-11)15(20)12-3-2-4-13(16)14(12)17/h2-8H,9-10H2,1H3. The summed E-state index contributed by atoms with van der Waals surface area (Å²) in [5.74, 6) is -2.84. The van der Waals surface area contributed by atoms with Crippen LogP contribution >= 0.6 is 0 Å². The van der Waals surface area contributed by atoms with Gasteiger partial charge in [0.15, 0.2) is 11.6 Å². The Morgan fingerprint density at radius 2 is 1.95 bits per heavy atom. The molecule has 0 unspecified atom stereocenters. The van der Waals surface area contributed by atoms with Gasteiger partial charge < -0.3 is 9.64 Å². The second-order valence-corrected chi connectivity index (χ2v) is 4.26. The van der Waals surface area contributed by atoms with Crippen LogP contribution in [0.2, 0.25) is 0 Å². The van der Waals surface area contributed by atoms with E-state index in [2.05, 4.69) is 4.98 Å². The average Bonchev–Trinajstić information content (AvgIpc) is 2.51. The Morgan fingerprint density at radius 3 is 2.62 bits per heavy atom. The molecule has 1 aromatic heterocycles. The van der Waals surface area contributed by atoms with Gasteiger partial charge in [0.25, 0.3) is 5.91 Å². The van der Waals surface area contributed by atoms with E-state index >= 15 is 0 Å². The minimum absolute atomic E-state index is 0.218. The molecule has 0 atom stereocenters. The third-order valence-electron chi connectivity index (χ3n) is 2.92. The smallest absolute Gasteiger partial charge is 0.261 e. The Bertz CT molecular complexity index is 620. The zero-order valence-electron chi connectivity index (χ0n) is 11.4. The van der Waals surface area contributed by atoms with Gasteiger partial charge in [-0.3, -0.25) is 9.78 Å². The minimum Gasteiger partial charge on any atom is -0.383 e. The van der Waals surface area contributed by atoms with E-state index in [1.165, 1.54) is 36.5 Å². The number of halogens is 2. The second kappa shape index (κ2) is 6.90. The van der Waals surface area contributed by atoms with E-state index in [9.17, 15) is 13.6 Å². The van der Waals surface area contributed by atoms with Crippen LogP contribution in [0.5, 0.6) is 0 Å². The molecule has 1 heterocycles. The predicted octanol–water partition coefficient (Wildman–Crippen LogP) is 2.65. The van der Waals surface area contributed by atoms with Crippen LogP contribution < -0.4 is 4.90 Å². The highest BCUT2D eigenvalue weighted by molar-refractivity contribution is 6.06. The lowest BCUT2D eigenvalue weighted by Gasteiger charge is -2.22. The lowest BCUT2D eigenvalue weighted by Crippen LogP contribution is -2.34. The second-order valence-electron chi connectivity index (χ2n) is 4.26. The van der Waals surface area contributed by atoms with Gasteiger partial charge in [-0.1, -0.05) is 6.07 Å². The highest BCUT2D eigenvalue weighted by Gasteiger charge is 2.22. The zero-order valence-corrected chi connectivity index (χ0v) is 11.4. The number of methoxy groups -OCH3 is 1. The molecule has 1 aromatic carbocycles. The lowest BCUT2D eigenvalue weighted by atomic mass is 10.1. The van der Waals surface area contributed by atoms with E-state index in [1.807, 2.05) is 0 Å². The monoisotopic (exact) mass is 292 g/mol. The lowest BCUT2D eigenvalue weighted by molar-refractivity contribution is 0.0971. The summed E-state index contributed by atoms with van der Waals surface area (Å²) in [4.78, 5) is 17.7. The Kier molecular flexibility index (Phi) is 4.94. The maximum absolute atomic E-state index is 13.8. The fourth-order valence-corrected chi connectivity index (χ4v) is 1.87. The summed E-state index contributed by atoms with van der Waals surface area (Å²) in [5, 5.41) is 0. The Labute approximate surface area is 121 Å². The number of hydrogen-bond acceptors (Lipinski definition) is 3. The third kappa shape index (κ3) is 3.41. The van der Waals surface area contributed by atoms with E-state index in [-0.39, 0.29) is 18.7 Å². The van der Waals surface area contributed by atoms with Crippen molar-refractivity contribution in [3.05, 3.63) is 59.9 Å². The highest BCUT2D eigenvalue weighted by atomic mass is 19.2. The number of pyridine rings is 1. The quantitative estimate of drug-likeness (QED) is 0.851. The number of amides is 1. The van der Waals surface area contributed by atoms with Gasteiger partial charge in [0.2, 0.25) is 0 Å². The van der Waals surface area contributed by atoms with Crippen molar-refractivity contribution >= 4 is 11.6 Å². The first-order valence-corrected chi connectivity index (χ1v) is 6.30. The zero-order chi connectivity index (χ0) is 15.2. The van der Waals surface area contributed by atoms with Gasteiger partial charge in [0.1, 0.15) is 0 Å². The number of ether oxygens (including phenoxy) is 1. The molecule has 1 amide bonds. The van der Waals surface area contributed by atoms with Crippen molar-refractivity contribution in [2.75, 3.05) is 25.2 Å². The van der Waals surface area contributed by atoms with Crippen molar-refractivity contribution < 1.29 is 18.3 Å². The number of carbonyl (C=O) groups excluding carboxylic acids is 1. The number of nitrogens with zero attached hydrogens (tertiary/aromatic N) is 2. The molecular weight excluding hydrogens is 278 g/mol. The Morgan fingerprint density at radius 1 is 1.24 bits per heavy atom. The summed E-state index contributed by atoms with van der Waals surface area (Å²) in [6.45, 7) is 0.486. The number of aromatic nitrogens is 1. The molecule has 0 aliphatic rings. The van der Waals surface area contributed by atoms with Crippen LogP contribution in [0.1, 0.15) is 10.4 Å². The van der Waals surface area contributed by atoms with Gasteiger partial charge in [-0.05, 0) is 24.3 Å². The molecule has 0 saturated heterocycles. The molecule has 0 N–H and O–H groups in total. The van der Waals surface area contributed by atoms with E-state index < -0.39 is 17.5 Å². The maximum Gasteiger partial charge on any atom is 0.261 e. The number of rotatable bonds is 5. The van der Waals surface area contributed by atoms with Gasteiger partial charge in [-0.25, -0.2) is 8.78 Å². The molecule has 0 aliphatic carbocycles. The third-order valence-corrected chi connectivity index (χ3v) is 2.92. The SMILES string of the molecule is COCCN(C(=O)c1cccc(F)c1F)c1ccncc1. The van der Waals surface area contributed by atoms with Crippen molar-refractivity contribution in [2.45, 2.75) is 0 Å². The van der Waals surface area contributed by atoms with Crippen molar-refractivity contribution in [3.8, 4) is 0 Å². The van der Waals surface area contributed by atoms with Crippen LogP contribution in [-0.4, -0.2) is 31.2 Å². The van der Waals surface area contributed by atoms with Crippen molar-refractivity contribution in [3.63, 3.8) is 0 Å². The predicted molar refractivity (Wildman–Crippen MR) is 74.1 cm³/mol. The van der Waals surface area contributed by atoms with E-state index in [0.717, 1.165) is 6.07 Å². The van der Waals surface area contributed by atoms with Gasteiger partial charge in [0, 0.05) is 31.7 Å². The summed E-state index contributed by atoms with van der Waals surface area (Å²) in [6, 6.07) is 6.75. The van der Waals surface area contributed by atoms with Crippen LogP contribution in [0.15, 0.2) is 42.7 Å². The first-order chi connectivity index (χ1) is 10.1. The largest absolute Gasteiger partial charge is 0.383 e.